The van der Waals surface area contributed by atoms with E-state index in [0.717, 1.165) is 18.8 Å². The molecule has 6 nitrogen and oxygen atoms in total. The Morgan fingerprint density at radius 1 is 1.40 bits per heavy atom. The zero-order valence-electron chi connectivity index (χ0n) is 12.0. The predicted octanol–water partition coefficient (Wildman–Crippen LogP) is 0.624. The second kappa shape index (κ2) is 5.63. The lowest BCUT2D eigenvalue weighted by molar-refractivity contribution is -0.0446. The maximum atomic E-state index is 12.1. The van der Waals surface area contributed by atoms with Gasteiger partial charge in [-0.05, 0) is 13.8 Å². The highest BCUT2D eigenvalue weighted by atomic mass is 16.5. The zero-order valence-corrected chi connectivity index (χ0v) is 12.0. The predicted molar refractivity (Wildman–Crippen MR) is 73.6 cm³/mol. The van der Waals surface area contributed by atoms with Crippen LogP contribution >= 0.6 is 0 Å². The van der Waals surface area contributed by atoms with Crippen LogP contribution in [0.4, 0.5) is 0 Å². The lowest BCUT2D eigenvalue weighted by atomic mass is 10.1. The lowest BCUT2D eigenvalue weighted by Crippen LogP contribution is -2.43. The van der Waals surface area contributed by atoms with Crippen LogP contribution in [0.1, 0.15) is 37.0 Å². The molecular weight excluding hydrogens is 258 g/mol. The van der Waals surface area contributed by atoms with Crippen LogP contribution in [-0.2, 0) is 22.5 Å². The number of nitrogens with zero attached hydrogens (tertiary/aromatic N) is 2. The maximum Gasteiger partial charge on any atom is 0.256 e. The van der Waals surface area contributed by atoms with Crippen LogP contribution < -0.4 is 5.56 Å². The number of H-pyrrole nitrogens is 1. The molecule has 2 aliphatic heterocycles. The second-order valence-electron chi connectivity index (χ2n) is 5.63. The van der Waals surface area contributed by atoms with Crippen molar-refractivity contribution in [2.75, 3.05) is 26.3 Å². The van der Waals surface area contributed by atoms with Crippen molar-refractivity contribution in [2.24, 2.45) is 0 Å². The molecule has 1 saturated heterocycles. The number of hydrogen-bond acceptors (Lipinski definition) is 5. The number of morpholine rings is 1. The molecule has 0 amide bonds. The minimum Gasteiger partial charge on any atom is -0.376 e. The Hall–Kier alpha value is -1.24. The molecule has 1 fully saturated rings. The fourth-order valence-electron chi connectivity index (χ4n) is 2.72. The highest BCUT2D eigenvalue weighted by Crippen LogP contribution is 2.21. The molecular formula is C14H21N3O3. The van der Waals surface area contributed by atoms with E-state index in [4.69, 9.17) is 9.47 Å². The molecule has 1 unspecified atom stereocenters. The summed E-state index contributed by atoms with van der Waals surface area (Å²) < 4.78 is 11.1. The standard InChI is InChI=1S/C14H21N3O3/c1-9(2)17-4-6-20-12(7-17)13-15-11-3-5-19-8-10(11)14(18)16-13/h9,12H,3-8H2,1-2H3,(H,15,16,18). The van der Waals surface area contributed by atoms with E-state index in [2.05, 4.69) is 28.7 Å². The Balaban J connectivity index is 1.86. The average Bonchev–Trinajstić information content (AvgIpc) is 2.47. The smallest absolute Gasteiger partial charge is 0.256 e. The molecule has 0 aromatic carbocycles. The summed E-state index contributed by atoms with van der Waals surface area (Å²) in [6.45, 7) is 7.71. The van der Waals surface area contributed by atoms with Gasteiger partial charge in [-0.25, -0.2) is 4.98 Å². The van der Waals surface area contributed by atoms with Crippen molar-refractivity contribution in [1.29, 1.82) is 0 Å². The van der Waals surface area contributed by atoms with Gasteiger partial charge in [0.25, 0.3) is 5.56 Å². The Morgan fingerprint density at radius 2 is 2.25 bits per heavy atom. The molecule has 20 heavy (non-hydrogen) atoms. The zero-order chi connectivity index (χ0) is 14.1. The van der Waals surface area contributed by atoms with Gasteiger partial charge in [-0.1, -0.05) is 0 Å². The van der Waals surface area contributed by atoms with Crippen LogP contribution in [0.2, 0.25) is 0 Å². The minimum absolute atomic E-state index is 0.0880. The molecule has 2 aliphatic rings. The van der Waals surface area contributed by atoms with Crippen LogP contribution in [0.3, 0.4) is 0 Å². The molecule has 0 bridgehead atoms. The molecule has 0 saturated carbocycles. The van der Waals surface area contributed by atoms with Crippen LogP contribution in [-0.4, -0.2) is 47.2 Å². The number of hydrogen-bond donors (Lipinski definition) is 1. The highest BCUT2D eigenvalue weighted by molar-refractivity contribution is 5.20. The first-order chi connectivity index (χ1) is 9.65. The van der Waals surface area contributed by atoms with Gasteiger partial charge in [0.05, 0.1) is 31.1 Å². The van der Waals surface area contributed by atoms with E-state index < -0.39 is 0 Å². The van der Waals surface area contributed by atoms with E-state index in [1.165, 1.54) is 0 Å². The third kappa shape index (κ3) is 2.63. The summed E-state index contributed by atoms with van der Waals surface area (Å²) in [5, 5.41) is 0. The Kier molecular flexibility index (Phi) is 3.87. The first kappa shape index (κ1) is 13.7. The van der Waals surface area contributed by atoms with Crippen molar-refractivity contribution in [2.45, 2.75) is 39.0 Å². The molecule has 0 radical (unpaired) electrons. The molecule has 6 heteroatoms. The SMILES string of the molecule is CC(C)N1CCOC(c2nc3c(c(=O)[nH]2)COCC3)C1. The van der Waals surface area contributed by atoms with Gasteiger partial charge >= 0.3 is 0 Å². The maximum absolute atomic E-state index is 12.1. The van der Waals surface area contributed by atoms with Crippen LogP contribution in [0, 0.1) is 0 Å². The Morgan fingerprint density at radius 3 is 3.05 bits per heavy atom. The number of aromatic amines is 1. The summed E-state index contributed by atoms with van der Waals surface area (Å²) in [5.41, 5.74) is 1.44. The van der Waals surface area contributed by atoms with Crippen molar-refractivity contribution in [3.63, 3.8) is 0 Å². The highest BCUT2D eigenvalue weighted by Gasteiger charge is 2.27. The molecule has 1 atom stereocenters. The molecule has 3 heterocycles. The van der Waals surface area contributed by atoms with E-state index in [1.807, 2.05) is 0 Å². The fraction of sp³-hybridized carbons (Fsp3) is 0.714. The van der Waals surface area contributed by atoms with Gasteiger partial charge in [0.15, 0.2) is 0 Å². The Bertz CT molecular complexity index is 541. The van der Waals surface area contributed by atoms with Crippen LogP contribution in [0.25, 0.3) is 0 Å². The number of ether oxygens (including phenoxy) is 2. The molecule has 0 aliphatic carbocycles. The fourth-order valence-corrected chi connectivity index (χ4v) is 2.72. The average molecular weight is 279 g/mol. The van der Waals surface area contributed by atoms with Crippen molar-refractivity contribution in [3.05, 3.63) is 27.4 Å². The lowest BCUT2D eigenvalue weighted by Gasteiger charge is -2.35. The van der Waals surface area contributed by atoms with E-state index in [1.54, 1.807) is 0 Å². The van der Waals surface area contributed by atoms with Gasteiger partial charge in [0, 0.05) is 25.6 Å². The third-order valence-corrected chi connectivity index (χ3v) is 3.98. The first-order valence-electron chi connectivity index (χ1n) is 7.20. The van der Waals surface area contributed by atoms with E-state index in [9.17, 15) is 4.79 Å². The summed E-state index contributed by atoms with van der Waals surface area (Å²) >= 11 is 0. The van der Waals surface area contributed by atoms with Gasteiger partial charge in [-0.3, -0.25) is 9.69 Å². The summed E-state index contributed by atoms with van der Waals surface area (Å²) in [7, 11) is 0. The molecule has 110 valence electrons. The summed E-state index contributed by atoms with van der Waals surface area (Å²) in [5.74, 6) is 0.654. The van der Waals surface area contributed by atoms with Gasteiger partial charge < -0.3 is 14.5 Å². The van der Waals surface area contributed by atoms with Crippen molar-refractivity contribution >= 4 is 0 Å². The molecule has 1 aromatic rings. The molecule has 1 N–H and O–H groups in total. The van der Waals surface area contributed by atoms with E-state index in [-0.39, 0.29) is 11.7 Å². The monoisotopic (exact) mass is 279 g/mol. The van der Waals surface area contributed by atoms with Crippen molar-refractivity contribution < 1.29 is 9.47 Å². The Labute approximate surface area is 118 Å². The summed E-state index contributed by atoms with van der Waals surface area (Å²) in [6.07, 6.45) is 0.555. The van der Waals surface area contributed by atoms with Crippen LogP contribution in [0.15, 0.2) is 4.79 Å². The molecule has 1 aromatic heterocycles. The normalized spacial score (nSPS) is 23.9. The molecule has 0 spiro atoms. The number of aromatic nitrogens is 2. The van der Waals surface area contributed by atoms with Gasteiger partial charge in [0.1, 0.15) is 11.9 Å². The van der Waals surface area contributed by atoms with E-state index >= 15 is 0 Å². The third-order valence-electron chi connectivity index (χ3n) is 3.98. The van der Waals surface area contributed by atoms with Gasteiger partial charge in [-0.2, -0.15) is 0 Å². The van der Waals surface area contributed by atoms with E-state index in [0.29, 0.717) is 43.7 Å². The second-order valence-corrected chi connectivity index (χ2v) is 5.63. The summed E-state index contributed by atoms with van der Waals surface area (Å²) in [6, 6.07) is 0.471. The minimum atomic E-state index is -0.146. The molecule has 3 rings (SSSR count). The van der Waals surface area contributed by atoms with Crippen molar-refractivity contribution in [1.82, 2.24) is 14.9 Å². The quantitative estimate of drug-likeness (QED) is 0.860. The van der Waals surface area contributed by atoms with Gasteiger partial charge in [-0.15, -0.1) is 0 Å². The first-order valence-corrected chi connectivity index (χ1v) is 7.20. The van der Waals surface area contributed by atoms with Gasteiger partial charge in [0.2, 0.25) is 0 Å². The number of fused-ring (bicyclic) bond motifs is 1. The van der Waals surface area contributed by atoms with Crippen molar-refractivity contribution in [3.8, 4) is 0 Å². The number of rotatable bonds is 2. The topological polar surface area (TPSA) is 67.5 Å². The number of nitrogens with one attached hydrogen (secondary N) is 1. The summed E-state index contributed by atoms with van der Waals surface area (Å²) in [4.78, 5) is 21.9. The van der Waals surface area contributed by atoms with Crippen LogP contribution in [0.5, 0.6) is 0 Å². The largest absolute Gasteiger partial charge is 0.376 e.